The third-order valence-corrected chi connectivity index (χ3v) is 1.86. The van der Waals surface area contributed by atoms with Crippen molar-refractivity contribution < 1.29 is 9.68 Å². The maximum absolute atomic E-state index is 8.40. The molecule has 0 aromatic rings. The van der Waals surface area contributed by atoms with Crippen LogP contribution in [-0.2, 0) is 4.65 Å². The standard InChI is InChI=1S/C6H13BO2.H3N/c8-7-9-6-4-2-1-3-5-6;/h6-8H,1-5H2;1H3. The molecule has 0 heterocycles. The fraction of sp³-hybridized carbons (Fsp3) is 1.00. The van der Waals surface area contributed by atoms with Crippen LogP contribution >= 0.6 is 0 Å². The zero-order valence-electron chi connectivity index (χ0n) is 6.38. The zero-order chi connectivity index (χ0) is 6.53. The van der Waals surface area contributed by atoms with Crippen molar-refractivity contribution in [3.8, 4) is 0 Å². The quantitative estimate of drug-likeness (QED) is 0.563. The summed E-state index contributed by atoms with van der Waals surface area (Å²) in [4.78, 5) is 0. The first-order valence-electron chi connectivity index (χ1n) is 3.66. The van der Waals surface area contributed by atoms with Gasteiger partial charge in [-0.25, -0.2) is 0 Å². The molecule has 1 aliphatic rings. The molecule has 0 aliphatic heterocycles. The predicted octanol–water partition coefficient (Wildman–Crippen LogP) is 0.756. The maximum Gasteiger partial charge on any atom is 0.435 e. The Bertz CT molecular complexity index is 73.4. The van der Waals surface area contributed by atoms with Crippen molar-refractivity contribution >= 4 is 7.69 Å². The van der Waals surface area contributed by atoms with Crippen molar-refractivity contribution in [1.82, 2.24) is 6.15 Å². The zero-order valence-corrected chi connectivity index (χ0v) is 6.38. The molecule has 0 aromatic carbocycles. The van der Waals surface area contributed by atoms with Crippen LogP contribution in [0.5, 0.6) is 0 Å². The molecule has 60 valence electrons. The van der Waals surface area contributed by atoms with Gasteiger partial charge in [0.25, 0.3) is 0 Å². The highest BCUT2D eigenvalue weighted by molar-refractivity contribution is 6.15. The third-order valence-electron chi connectivity index (χ3n) is 1.86. The van der Waals surface area contributed by atoms with E-state index in [0.29, 0.717) is 6.10 Å². The second kappa shape index (κ2) is 5.71. The smallest absolute Gasteiger partial charge is 0.430 e. The van der Waals surface area contributed by atoms with Crippen LogP contribution in [0.25, 0.3) is 0 Å². The van der Waals surface area contributed by atoms with Gasteiger partial charge in [0.15, 0.2) is 0 Å². The minimum atomic E-state index is -0.106. The molecule has 1 fully saturated rings. The van der Waals surface area contributed by atoms with Gasteiger partial charge in [0.05, 0.1) is 0 Å². The Morgan fingerprint density at radius 3 is 2.30 bits per heavy atom. The molecule has 0 radical (unpaired) electrons. The van der Waals surface area contributed by atoms with E-state index in [1.54, 1.807) is 0 Å². The van der Waals surface area contributed by atoms with Crippen molar-refractivity contribution in [3.63, 3.8) is 0 Å². The summed E-state index contributed by atoms with van der Waals surface area (Å²) in [7, 11) is -0.106. The molecular formula is C6H16BNO2. The van der Waals surface area contributed by atoms with Gasteiger partial charge >= 0.3 is 7.69 Å². The Hall–Kier alpha value is -0.0551. The van der Waals surface area contributed by atoms with Crippen LogP contribution in [0.4, 0.5) is 0 Å². The fourth-order valence-corrected chi connectivity index (χ4v) is 1.34. The van der Waals surface area contributed by atoms with Gasteiger partial charge in [0.2, 0.25) is 0 Å². The van der Waals surface area contributed by atoms with E-state index in [-0.39, 0.29) is 13.8 Å². The topological polar surface area (TPSA) is 64.5 Å². The molecule has 0 amide bonds. The molecule has 0 spiro atoms. The van der Waals surface area contributed by atoms with Crippen molar-refractivity contribution in [2.45, 2.75) is 38.2 Å². The molecule has 10 heavy (non-hydrogen) atoms. The summed E-state index contributed by atoms with van der Waals surface area (Å²) in [5, 5.41) is 8.40. The van der Waals surface area contributed by atoms with Crippen LogP contribution in [0.3, 0.4) is 0 Å². The van der Waals surface area contributed by atoms with Gasteiger partial charge in [-0.15, -0.1) is 0 Å². The van der Waals surface area contributed by atoms with E-state index in [9.17, 15) is 0 Å². The molecule has 0 bridgehead atoms. The normalized spacial score (nSPS) is 19.7. The molecule has 1 rings (SSSR count). The molecule has 3 nitrogen and oxygen atoms in total. The number of hydrogen-bond acceptors (Lipinski definition) is 3. The Morgan fingerprint density at radius 1 is 1.20 bits per heavy atom. The first-order chi connectivity index (χ1) is 4.43. The summed E-state index contributed by atoms with van der Waals surface area (Å²) < 4.78 is 5.04. The van der Waals surface area contributed by atoms with E-state index in [0.717, 1.165) is 12.8 Å². The molecule has 0 atom stereocenters. The van der Waals surface area contributed by atoms with Gasteiger partial charge in [-0.2, -0.15) is 0 Å². The van der Waals surface area contributed by atoms with Crippen LogP contribution < -0.4 is 6.15 Å². The molecule has 1 aliphatic carbocycles. The first kappa shape index (κ1) is 9.94. The molecule has 0 aromatic heterocycles. The van der Waals surface area contributed by atoms with E-state index in [4.69, 9.17) is 9.68 Å². The van der Waals surface area contributed by atoms with Gasteiger partial charge in [0, 0.05) is 6.10 Å². The van der Waals surface area contributed by atoms with Gasteiger partial charge in [-0.05, 0) is 12.8 Å². The van der Waals surface area contributed by atoms with E-state index in [1.165, 1.54) is 19.3 Å². The van der Waals surface area contributed by atoms with E-state index in [1.807, 2.05) is 0 Å². The van der Waals surface area contributed by atoms with Crippen LogP contribution in [0, 0.1) is 0 Å². The van der Waals surface area contributed by atoms with Crippen molar-refractivity contribution in [2.24, 2.45) is 0 Å². The highest BCUT2D eigenvalue weighted by Gasteiger charge is 2.12. The average Bonchev–Trinajstić information content (AvgIpc) is 1.91. The van der Waals surface area contributed by atoms with Gasteiger partial charge < -0.3 is 15.8 Å². The highest BCUT2D eigenvalue weighted by atomic mass is 16.5. The minimum Gasteiger partial charge on any atom is -0.430 e. The van der Waals surface area contributed by atoms with Crippen LogP contribution in [0.1, 0.15) is 32.1 Å². The SMILES string of the molecule is N.OBOC1CCCCC1. The third kappa shape index (κ3) is 3.20. The van der Waals surface area contributed by atoms with Gasteiger partial charge in [0.1, 0.15) is 0 Å². The molecule has 4 heteroatoms. The van der Waals surface area contributed by atoms with E-state index < -0.39 is 0 Å². The van der Waals surface area contributed by atoms with Gasteiger partial charge in [-0.3, -0.25) is 0 Å². The summed E-state index contributed by atoms with van der Waals surface area (Å²) in [6.07, 6.45) is 6.51. The Labute approximate surface area is 62.7 Å². The molecular weight excluding hydrogens is 129 g/mol. The summed E-state index contributed by atoms with van der Waals surface area (Å²) in [6, 6.07) is 0. The number of rotatable bonds is 2. The van der Waals surface area contributed by atoms with Crippen LogP contribution in [0.15, 0.2) is 0 Å². The first-order valence-corrected chi connectivity index (χ1v) is 3.66. The maximum atomic E-state index is 8.40. The average molecular weight is 145 g/mol. The Balaban J connectivity index is 0.000000810. The molecule has 1 saturated carbocycles. The largest absolute Gasteiger partial charge is 0.435 e. The monoisotopic (exact) mass is 145 g/mol. The van der Waals surface area contributed by atoms with Crippen molar-refractivity contribution in [3.05, 3.63) is 0 Å². The van der Waals surface area contributed by atoms with Crippen molar-refractivity contribution in [2.75, 3.05) is 0 Å². The molecule has 4 N–H and O–H groups in total. The molecule has 0 unspecified atom stereocenters. The lowest BCUT2D eigenvalue weighted by Crippen LogP contribution is -2.18. The fourth-order valence-electron chi connectivity index (χ4n) is 1.34. The lowest BCUT2D eigenvalue weighted by atomic mass is 9.97. The summed E-state index contributed by atoms with van der Waals surface area (Å²) >= 11 is 0. The summed E-state index contributed by atoms with van der Waals surface area (Å²) in [5.41, 5.74) is 0. The highest BCUT2D eigenvalue weighted by Crippen LogP contribution is 2.19. The second-order valence-electron chi connectivity index (χ2n) is 2.56. The lowest BCUT2D eigenvalue weighted by molar-refractivity contribution is 0.140. The Morgan fingerprint density at radius 2 is 1.80 bits per heavy atom. The van der Waals surface area contributed by atoms with Crippen LogP contribution in [-0.4, -0.2) is 18.8 Å². The summed E-state index contributed by atoms with van der Waals surface area (Å²) in [6.45, 7) is 0. The number of hydrogen-bond donors (Lipinski definition) is 2. The minimum absolute atomic E-state index is 0. The van der Waals surface area contributed by atoms with Gasteiger partial charge in [-0.1, -0.05) is 19.3 Å². The van der Waals surface area contributed by atoms with Crippen molar-refractivity contribution in [1.29, 1.82) is 0 Å². The second-order valence-corrected chi connectivity index (χ2v) is 2.56. The lowest BCUT2D eigenvalue weighted by Gasteiger charge is -2.20. The van der Waals surface area contributed by atoms with Crippen LogP contribution in [0.2, 0.25) is 0 Å². The molecule has 0 saturated heterocycles. The predicted molar refractivity (Wildman–Crippen MR) is 42.3 cm³/mol. The Kier molecular flexibility index (Phi) is 5.68. The summed E-state index contributed by atoms with van der Waals surface area (Å²) in [5.74, 6) is 0. The van der Waals surface area contributed by atoms with E-state index in [2.05, 4.69) is 0 Å². The van der Waals surface area contributed by atoms with E-state index >= 15 is 0 Å².